The van der Waals surface area contributed by atoms with Gasteiger partial charge in [-0.2, -0.15) is 0 Å². The Balaban J connectivity index is 3.01. The van der Waals surface area contributed by atoms with E-state index in [9.17, 15) is 0 Å². The van der Waals surface area contributed by atoms with Gasteiger partial charge in [0.2, 0.25) is 0 Å². The number of fused-ring (bicyclic) bond motifs is 1. The Kier molecular flexibility index (Phi) is 5.98. The largest absolute Gasteiger partial charge is 0.0990 e. The standard InChI is InChI=1S/C24H28/c1-7-11-19(9-3)22-15-17(5)13-21-14-18(6)16-23(24(21)22)20(10-4)12-8-2/h7-14,16-17H,1,3,15H2,2,4-6H3. The van der Waals surface area contributed by atoms with Crippen LogP contribution in [0.3, 0.4) is 0 Å². The third-order valence-corrected chi connectivity index (χ3v) is 4.44. The summed E-state index contributed by atoms with van der Waals surface area (Å²) in [6, 6.07) is 4.60. The second-order valence-corrected chi connectivity index (χ2v) is 6.41. The van der Waals surface area contributed by atoms with Crippen molar-refractivity contribution < 1.29 is 0 Å². The fraction of sp³-hybridized carbons (Fsp3) is 0.250. The van der Waals surface area contributed by atoms with Crippen LogP contribution in [0.2, 0.25) is 0 Å². The minimum atomic E-state index is 0.520. The first-order chi connectivity index (χ1) is 11.5. The molecule has 0 bridgehead atoms. The molecule has 0 nitrogen and oxygen atoms in total. The molecule has 24 heavy (non-hydrogen) atoms. The first-order valence-corrected chi connectivity index (χ1v) is 8.66. The molecule has 2 rings (SSSR count). The minimum absolute atomic E-state index is 0.520. The maximum absolute atomic E-state index is 4.03. The number of aryl methyl sites for hydroxylation is 1. The number of benzene rings is 1. The molecule has 0 aromatic heterocycles. The van der Waals surface area contributed by atoms with Gasteiger partial charge in [-0.05, 0) is 71.4 Å². The summed E-state index contributed by atoms with van der Waals surface area (Å²) < 4.78 is 0. The van der Waals surface area contributed by atoms with Crippen molar-refractivity contribution in [3.63, 3.8) is 0 Å². The molecule has 1 unspecified atom stereocenters. The first kappa shape index (κ1) is 18.0. The predicted octanol–water partition coefficient (Wildman–Crippen LogP) is 5.24. The molecule has 0 saturated heterocycles. The van der Waals surface area contributed by atoms with E-state index in [1.807, 2.05) is 12.2 Å². The summed E-state index contributed by atoms with van der Waals surface area (Å²) in [5, 5.41) is 2.68. The number of rotatable bonds is 5. The molecule has 1 aromatic carbocycles. The van der Waals surface area contributed by atoms with E-state index < -0.39 is 0 Å². The van der Waals surface area contributed by atoms with Gasteiger partial charge in [-0.3, -0.25) is 0 Å². The van der Waals surface area contributed by atoms with E-state index in [0.717, 1.165) is 6.42 Å². The van der Waals surface area contributed by atoms with Crippen molar-refractivity contribution in [1.29, 1.82) is 0 Å². The molecule has 0 spiro atoms. The summed E-state index contributed by atoms with van der Waals surface area (Å²) in [5.41, 5.74) is 6.41. The second-order valence-electron chi connectivity index (χ2n) is 6.41. The molecule has 0 saturated carbocycles. The van der Waals surface area contributed by atoms with Gasteiger partial charge in [0, 0.05) is 0 Å². The molecule has 1 atom stereocenters. The Hall–Kier alpha value is -2.34. The Morgan fingerprint density at radius 2 is 1.92 bits per heavy atom. The van der Waals surface area contributed by atoms with Crippen LogP contribution in [-0.4, -0.2) is 0 Å². The van der Waals surface area contributed by atoms with Crippen molar-refractivity contribution in [2.24, 2.45) is 5.92 Å². The number of hydrogen-bond acceptors (Lipinski definition) is 0. The first-order valence-electron chi connectivity index (χ1n) is 8.66. The van der Waals surface area contributed by atoms with Gasteiger partial charge in [0.05, 0.1) is 0 Å². The van der Waals surface area contributed by atoms with Gasteiger partial charge in [0.25, 0.3) is 0 Å². The number of hydrogen-bond donors (Lipinski definition) is 0. The highest BCUT2D eigenvalue weighted by molar-refractivity contribution is 5.80. The zero-order valence-electron chi connectivity index (χ0n) is 15.4. The van der Waals surface area contributed by atoms with E-state index in [4.69, 9.17) is 0 Å². The van der Waals surface area contributed by atoms with Gasteiger partial charge in [-0.25, -0.2) is 0 Å². The Labute approximate surface area is 146 Å². The molecule has 124 valence electrons. The van der Waals surface area contributed by atoms with Crippen LogP contribution >= 0.6 is 0 Å². The van der Waals surface area contributed by atoms with Crippen LogP contribution in [0.4, 0.5) is 0 Å². The van der Waals surface area contributed by atoms with Gasteiger partial charge in [-0.1, -0.05) is 74.7 Å². The predicted molar refractivity (Wildman–Crippen MR) is 109 cm³/mol. The summed E-state index contributed by atoms with van der Waals surface area (Å²) >= 11 is 0. The van der Waals surface area contributed by atoms with Crippen LogP contribution < -0.4 is 10.4 Å². The van der Waals surface area contributed by atoms with E-state index in [2.05, 4.69) is 83.4 Å². The van der Waals surface area contributed by atoms with Gasteiger partial charge in [0.15, 0.2) is 0 Å². The molecule has 0 heterocycles. The van der Waals surface area contributed by atoms with E-state index in [-0.39, 0.29) is 0 Å². The zero-order valence-corrected chi connectivity index (χ0v) is 15.4. The minimum Gasteiger partial charge on any atom is -0.0990 e. The lowest BCUT2D eigenvalue weighted by Gasteiger charge is -2.20. The third kappa shape index (κ3) is 3.59. The van der Waals surface area contributed by atoms with E-state index >= 15 is 0 Å². The van der Waals surface area contributed by atoms with Crippen LogP contribution in [0.1, 0.15) is 38.3 Å². The highest BCUT2D eigenvalue weighted by Crippen LogP contribution is 2.25. The molecule has 0 amide bonds. The normalized spacial score (nSPS) is 18.3. The lowest BCUT2D eigenvalue weighted by Crippen LogP contribution is -2.35. The summed E-state index contributed by atoms with van der Waals surface area (Å²) in [4.78, 5) is 0. The van der Waals surface area contributed by atoms with Crippen LogP contribution in [0.15, 0.2) is 67.3 Å². The van der Waals surface area contributed by atoms with Crippen molar-refractivity contribution >= 4 is 17.2 Å². The van der Waals surface area contributed by atoms with E-state index in [1.165, 1.54) is 38.3 Å². The molecule has 0 N–H and O–H groups in total. The smallest absolute Gasteiger partial charge is 0.00701 e. The summed E-state index contributed by atoms with van der Waals surface area (Å²) in [6.07, 6.45) is 15.8. The van der Waals surface area contributed by atoms with Crippen molar-refractivity contribution in [3.05, 3.63) is 88.9 Å². The Bertz CT molecular complexity index is 854. The topological polar surface area (TPSA) is 0 Å². The third-order valence-electron chi connectivity index (χ3n) is 4.44. The zero-order chi connectivity index (χ0) is 17.7. The monoisotopic (exact) mass is 316 g/mol. The SMILES string of the molecule is C=CC=C(C=C)C1=c2c(C(C=CC)=CC)cc(C)cc2=CC(C)C1. The van der Waals surface area contributed by atoms with Gasteiger partial charge >= 0.3 is 0 Å². The lowest BCUT2D eigenvalue weighted by atomic mass is 9.84. The fourth-order valence-corrected chi connectivity index (χ4v) is 3.50. The van der Waals surface area contributed by atoms with Crippen LogP contribution in [0, 0.1) is 12.8 Å². The Morgan fingerprint density at radius 1 is 1.17 bits per heavy atom. The maximum Gasteiger partial charge on any atom is -0.00701 e. The molecule has 0 aliphatic heterocycles. The van der Waals surface area contributed by atoms with Crippen LogP contribution in [0.25, 0.3) is 17.2 Å². The molecule has 0 radical (unpaired) electrons. The average Bonchev–Trinajstić information content (AvgIpc) is 2.55. The van der Waals surface area contributed by atoms with Crippen LogP contribution in [-0.2, 0) is 0 Å². The fourth-order valence-electron chi connectivity index (χ4n) is 3.50. The number of allylic oxidation sites excluding steroid dienone is 8. The average molecular weight is 316 g/mol. The van der Waals surface area contributed by atoms with Gasteiger partial charge in [-0.15, -0.1) is 0 Å². The highest BCUT2D eigenvalue weighted by atomic mass is 14.2. The Morgan fingerprint density at radius 3 is 2.50 bits per heavy atom. The van der Waals surface area contributed by atoms with Gasteiger partial charge < -0.3 is 0 Å². The second kappa shape index (κ2) is 7.97. The molecule has 1 aliphatic rings. The quantitative estimate of drug-likeness (QED) is 0.651. The molecular weight excluding hydrogens is 288 g/mol. The summed E-state index contributed by atoms with van der Waals surface area (Å²) in [7, 11) is 0. The molecule has 1 aliphatic carbocycles. The maximum atomic E-state index is 4.03. The highest BCUT2D eigenvalue weighted by Gasteiger charge is 2.16. The van der Waals surface area contributed by atoms with Gasteiger partial charge in [0.1, 0.15) is 0 Å². The summed E-state index contributed by atoms with van der Waals surface area (Å²) in [5.74, 6) is 0.520. The molecule has 0 fully saturated rings. The van der Waals surface area contributed by atoms with Crippen molar-refractivity contribution in [1.82, 2.24) is 0 Å². The van der Waals surface area contributed by atoms with Crippen molar-refractivity contribution in [2.45, 2.75) is 34.1 Å². The van der Waals surface area contributed by atoms with Crippen molar-refractivity contribution in [3.8, 4) is 0 Å². The van der Waals surface area contributed by atoms with E-state index in [1.54, 1.807) is 0 Å². The lowest BCUT2D eigenvalue weighted by molar-refractivity contribution is 0.785. The van der Waals surface area contributed by atoms with Crippen LogP contribution in [0.5, 0.6) is 0 Å². The molecular formula is C24H28. The summed E-state index contributed by atoms with van der Waals surface area (Å²) in [6.45, 7) is 16.5. The van der Waals surface area contributed by atoms with Crippen molar-refractivity contribution in [2.75, 3.05) is 0 Å². The molecule has 1 aromatic rings. The van der Waals surface area contributed by atoms with E-state index in [0.29, 0.717) is 5.92 Å². The molecule has 0 heteroatoms.